The van der Waals surface area contributed by atoms with Crippen molar-refractivity contribution in [1.82, 2.24) is 10.2 Å². The lowest BCUT2D eigenvalue weighted by atomic mass is 10.1. The Hall–Kier alpha value is -1.84. The van der Waals surface area contributed by atoms with Crippen LogP contribution >= 0.6 is 0 Å². The molecule has 1 fully saturated rings. The van der Waals surface area contributed by atoms with Crippen molar-refractivity contribution in [3.05, 3.63) is 65.7 Å². The minimum atomic E-state index is 0.957. The van der Waals surface area contributed by atoms with Crippen LogP contribution in [0.25, 0.3) is 0 Å². The van der Waals surface area contributed by atoms with Crippen molar-refractivity contribution >= 4 is 5.69 Å². The van der Waals surface area contributed by atoms with Crippen molar-refractivity contribution in [3.8, 4) is 0 Å². The second-order valence-electron chi connectivity index (χ2n) is 7.36. The third kappa shape index (κ3) is 5.86. The summed E-state index contributed by atoms with van der Waals surface area (Å²) in [6.07, 6.45) is 5.04. The molecule has 1 heterocycles. The minimum Gasteiger partial charge on any atom is -0.373 e. The molecule has 0 radical (unpaired) electrons. The lowest BCUT2D eigenvalue weighted by Crippen LogP contribution is -2.31. The molecule has 2 aromatic rings. The van der Waals surface area contributed by atoms with Crippen molar-refractivity contribution in [2.45, 2.75) is 32.2 Å². The van der Waals surface area contributed by atoms with Gasteiger partial charge in [-0.15, -0.1) is 0 Å². The third-order valence-electron chi connectivity index (χ3n) is 5.32. The molecular formula is C23H33N3. The van der Waals surface area contributed by atoms with Gasteiger partial charge in [-0.2, -0.15) is 0 Å². The fourth-order valence-electron chi connectivity index (χ4n) is 3.75. The van der Waals surface area contributed by atoms with Gasteiger partial charge >= 0.3 is 0 Å². The summed E-state index contributed by atoms with van der Waals surface area (Å²) in [5.41, 5.74) is 4.22. The Morgan fingerprint density at radius 1 is 0.962 bits per heavy atom. The van der Waals surface area contributed by atoms with E-state index in [0.29, 0.717) is 0 Å². The molecule has 0 spiro atoms. The number of hydrogen-bond donors (Lipinski definition) is 1. The molecule has 3 heteroatoms. The van der Waals surface area contributed by atoms with Gasteiger partial charge < -0.3 is 15.1 Å². The molecule has 0 aliphatic carbocycles. The van der Waals surface area contributed by atoms with E-state index < -0.39 is 0 Å². The van der Waals surface area contributed by atoms with E-state index in [0.717, 1.165) is 26.1 Å². The summed E-state index contributed by atoms with van der Waals surface area (Å²) in [7, 11) is 2.24. The summed E-state index contributed by atoms with van der Waals surface area (Å²) >= 11 is 0. The quantitative estimate of drug-likeness (QED) is 0.654. The summed E-state index contributed by atoms with van der Waals surface area (Å²) in [4.78, 5) is 5.03. The minimum absolute atomic E-state index is 0.957. The Morgan fingerprint density at radius 3 is 2.50 bits per heavy atom. The Morgan fingerprint density at radius 2 is 1.69 bits per heavy atom. The standard InChI is InChI=1S/C23H33N3/c1-25(18-19-26-16-7-8-17-26)23-14-6-5-12-22(23)13-9-15-24-20-21-10-3-2-4-11-21/h2-6,10-12,14,24H,7-9,13,15-20H2,1H3. The normalized spacial score (nSPS) is 14.7. The van der Waals surface area contributed by atoms with E-state index in [-0.39, 0.29) is 0 Å². The first-order chi connectivity index (χ1) is 12.8. The maximum absolute atomic E-state index is 3.56. The van der Waals surface area contributed by atoms with Gasteiger partial charge in [0, 0.05) is 32.4 Å². The van der Waals surface area contributed by atoms with Crippen LogP contribution in [-0.4, -0.2) is 44.7 Å². The predicted molar refractivity (Wildman–Crippen MR) is 112 cm³/mol. The smallest absolute Gasteiger partial charge is 0.0396 e. The molecule has 2 aromatic carbocycles. The van der Waals surface area contributed by atoms with Crippen LogP contribution in [0.5, 0.6) is 0 Å². The number of likely N-dealkylation sites (tertiary alicyclic amines) is 1. The molecule has 0 amide bonds. The van der Waals surface area contributed by atoms with Crippen molar-refractivity contribution in [3.63, 3.8) is 0 Å². The molecule has 1 N–H and O–H groups in total. The lowest BCUT2D eigenvalue weighted by Gasteiger charge is -2.25. The molecule has 26 heavy (non-hydrogen) atoms. The molecule has 1 aliphatic heterocycles. The largest absolute Gasteiger partial charge is 0.373 e. The molecule has 0 aromatic heterocycles. The van der Waals surface area contributed by atoms with Crippen LogP contribution in [0.2, 0.25) is 0 Å². The topological polar surface area (TPSA) is 18.5 Å². The number of hydrogen-bond acceptors (Lipinski definition) is 3. The zero-order chi connectivity index (χ0) is 18.0. The number of nitrogens with one attached hydrogen (secondary N) is 1. The van der Waals surface area contributed by atoms with Crippen LogP contribution in [0.15, 0.2) is 54.6 Å². The number of anilines is 1. The maximum atomic E-state index is 3.56. The van der Waals surface area contributed by atoms with E-state index >= 15 is 0 Å². The second kappa shape index (κ2) is 10.3. The van der Waals surface area contributed by atoms with Crippen LogP contribution in [0.4, 0.5) is 5.69 Å². The Bertz CT molecular complexity index is 635. The summed E-state index contributed by atoms with van der Waals surface area (Å²) in [6, 6.07) is 19.5. The van der Waals surface area contributed by atoms with Crippen molar-refractivity contribution in [2.75, 3.05) is 44.7 Å². The van der Waals surface area contributed by atoms with Crippen LogP contribution in [0.1, 0.15) is 30.4 Å². The van der Waals surface area contributed by atoms with E-state index in [1.807, 2.05) is 0 Å². The highest BCUT2D eigenvalue weighted by Crippen LogP contribution is 2.21. The molecule has 1 aliphatic rings. The van der Waals surface area contributed by atoms with Gasteiger partial charge in [0.25, 0.3) is 0 Å². The molecule has 3 rings (SSSR count). The highest BCUT2D eigenvalue weighted by atomic mass is 15.2. The first-order valence-electron chi connectivity index (χ1n) is 10.1. The van der Waals surface area contributed by atoms with Gasteiger partial charge in [-0.05, 0) is 62.5 Å². The Labute approximate surface area is 159 Å². The lowest BCUT2D eigenvalue weighted by molar-refractivity contribution is 0.346. The molecule has 0 bridgehead atoms. The Kier molecular flexibility index (Phi) is 7.53. The van der Waals surface area contributed by atoms with E-state index in [1.165, 1.54) is 55.7 Å². The summed E-state index contributed by atoms with van der Waals surface area (Å²) in [5, 5.41) is 3.56. The second-order valence-corrected chi connectivity index (χ2v) is 7.36. The number of likely N-dealkylation sites (N-methyl/N-ethyl adjacent to an activating group) is 1. The highest BCUT2D eigenvalue weighted by Gasteiger charge is 2.13. The molecule has 1 saturated heterocycles. The Balaban J connectivity index is 1.42. The summed E-state index contributed by atoms with van der Waals surface area (Å²) < 4.78 is 0. The van der Waals surface area contributed by atoms with Crippen molar-refractivity contribution < 1.29 is 0 Å². The van der Waals surface area contributed by atoms with Crippen LogP contribution < -0.4 is 10.2 Å². The van der Waals surface area contributed by atoms with Crippen LogP contribution in [0.3, 0.4) is 0 Å². The van der Waals surface area contributed by atoms with E-state index in [1.54, 1.807) is 0 Å². The maximum Gasteiger partial charge on any atom is 0.0396 e. The monoisotopic (exact) mass is 351 g/mol. The fourth-order valence-corrected chi connectivity index (χ4v) is 3.75. The molecule has 0 saturated carbocycles. The fraction of sp³-hybridized carbons (Fsp3) is 0.478. The zero-order valence-electron chi connectivity index (χ0n) is 16.2. The summed E-state index contributed by atoms with van der Waals surface area (Å²) in [5.74, 6) is 0. The van der Waals surface area contributed by atoms with Crippen molar-refractivity contribution in [2.24, 2.45) is 0 Å². The molecular weight excluding hydrogens is 318 g/mol. The molecule has 0 atom stereocenters. The van der Waals surface area contributed by atoms with Crippen molar-refractivity contribution in [1.29, 1.82) is 0 Å². The van der Waals surface area contributed by atoms with Gasteiger partial charge in [0.2, 0.25) is 0 Å². The first-order valence-corrected chi connectivity index (χ1v) is 10.1. The zero-order valence-corrected chi connectivity index (χ0v) is 16.2. The van der Waals surface area contributed by atoms with Gasteiger partial charge in [0.15, 0.2) is 0 Å². The number of para-hydroxylation sites is 1. The number of benzene rings is 2. The van der Waals surface area contributed by atoms with Gasteiger partial charge in [0.1, 0.15) is 0 Å². The highest BCUT2D eigenvalue weighted by molar-refractivity contribution is 5.53. The van der Waals surface area contributed by atoms with Gasteiger partial charge in [-0.1, -0.05) is 48.5 Å². The van der Waals surface area contributed by atoms with Gasteiger partial charge in [0.05, 0.1) is 0 Å². The number of rotatable bonds is 10. The van der Waals surface area contributed by atoms with Crippen LogP contribution in [-0.2, 0) is 13.0 Å². The average Bonchev–Trinajstić information content (AvgIpc) is 3.21. The van der Waals surface area contributed by atoms with E-state index in [9.17, 15) is 0 Å². The molecule has 140 valence electrons. The number of aryl methyl sites for hydroxylation is 1. The molecule has 0 unspecified atom stereocenters. The van der Waals surface area contributed by atoms with Gasteiger partial charge in [-0.25, -0.2) is 0 Å². The first kappa shape index (κ1) is 18.9. The number of nitrogens with zero attached hydrogens (tertiary/aromatic N) is 2. The third-order valence-corrected chi connectivity index (χ3v) is 5.32. The predicted octanol–water partition coefficient (Wildman–Crippen LogP) is 3.94. The summed E-state index contributed by atoms with van der Waals surface area (Å²) in [6.45, 7) is 6.87. The molecule has 3 nitrogen and oxygen atoms in total. The SMILES string of the molecule is CN(CCN1CCCC1)c1ccccc1CCCNCc1ccccc1. The van der Waals surface area contributed by atoms with E-state index in [2.05, 4.69) is 76.8 Å². The van der Waals surface area contributed by atoms with Crippen LogP contribution in [0, 0.1) is 0 Å². The van der Waals surface area contributed by atoms with Gasteiger partial charge in [-0.3, -0.25) is 0 Å². The average molecular weight is 352 g/mol. The van der Waals surface area contributed by atoms with E-state index in [4.69, 9.17) is 0 Å².